The van der Waals surface area contributed by atoms with Gasteiger partial charge in [0.1, 0.15) is 18.2 Å². The topological polar surface area (TPSA) is 86.6 Å². The first-order chi connectivity index (χ1) is 9.92. The zero-order valence-corrected chi connectivity index (χ0v) is 12.6. The van der Waals surface area contributed by atoms with E-state index in [0.717, 1.165) is 23.5 Å². The molecule has 7 heteroatoms. The molecule has 0 bridgehead atoms. The Morgan fingerprint density at radius 1 is 1.29 bits per heavy atom. The van der Waals surface area contributed by atoms with Gasteiger partial charge in [0.2, 0.25) is 5.91 Å². The van der Waals surface area contributed by atoms with Crippen LogP contribution in [0.1, 0.15) is 24.0 Å². The van der Waals surface area contributed by atoms with E-state index in [1.807, 2.05) is 25.7 Å². The van der Waals surface area contributed by atoms with Crippen molar-refractivity contribution in [2.75, 3.05) is 31.1 Å². The van der Waals surface area contributed by atoms with Gasteiger partial charge >= 0.3 is 5.97 Å². The minimum Gasteiger partial charge on any atom is -0.480 e. The van der Waals surface area contributed by atoms with Gasteiger partial charge in [-0.3, -0.25) is 9.59 Å². The van der Waals surface area contributed by atoms with Crippen LogP contribution in [0.4, 0.5) is 5.82 Å². The maximum Gasteiger partial charge on any atom is 0.323 e. The number of piperazine rings is 1. The molecule has 2 rings (SSSR count). The van der Waals surface area contributed by atoms with E-state index >= 15 is 0 Å². The predicted molar refractivity (Wildman–Crippen MR) is 77.3 cm³/mol. The molecule has 1 saturated heterocycles. The number of rotatable bonds is 4. The standard InChI is InChI=1S/C14H20N4O3/c1-4-11-9(2)15-10(3)16-14(11)18-6-5-17(8-13(20)21)12(19)7-18/h4-8H2,1-3H3,(H,20,21). The summed E-state index contributed by atoms with van der Waals surface area (Å²) in [6.07, 6.45) is 0.797. The third kappa shape index (κ3) is 3.29. The number of nitrogens with zero attached hydrogens (tertiary/aromatic N) is 4. The van der Waals surface area contributed by atoms with Gasteiger partial charge in [0.05, 0.1) is 6.54 Å². The number of carbonyl (C=O) groups excluding carboxylic acids is 1. The van der Waals surface area contributed by atoms with Crippen molar-refractivity contribution >= 4 is 17.7 Å². The van der Waals surface area contributed by atoms with Crippen molar-refractivity contribution in [3.8, 4) is 0 Å². The van der Waals surface area contributed by atoms with E-state index in [4.69, 9.17) is 5.11 Å². The molecule has 114 valence electrons. The van der Waals surface area contributed by atoms with E-state index in [1.54, 1.807) is 0 Å². The van der Waals surface area contributed by atoms with Gasteiger partial charge in [0.25, 0.3) is 0 Å². The van der Waals surface area contributed by atoms with Crippen LogP contribution in [0.3, 0.4) is 0 Å². The van der Waals surface area contributed by atoms with Crippen LogP contribution in [-0.2, 0) is 16.0 Å². The third-order valence-electron chi connectivity index (χ3n) is 3.60. The second-order valence-electron chi connectivity index (χ2n) is 5.14. The highest BCUT2D eigenvalue weighted by molar-refractivity contribution is 5.86. The Kier molecular flexibility index (Phi) is 4.40. The average molecular weight is 292 g/mol. The second kappa shape index (κ2) is 6.07. The second-order valence-corrected chi connectivity index (χ2v) is 5.14. The lowest BCUT2D eigenvalue weighted by Gasteiger charge is -2.35. The molecule has 0 atom stereocenters. The summed E-state index contributed by atoms with van der Waals surface area (Å²) >= 11 is 0. The van der Waals surface area contributed by atoms with Crippen molar-refractivity contribution in [3.05, 3.63) is 17.1 Å². The van der Waals surface area contributed by atoms with Crippen molar-refractivity contribution in [1.82, 2.24) is 14.9 Å². The van der Waals surface area contributed by atoms with Gasteiger partial charge in [-0.2, -0.15) is 0 Å². The van der Waals surface area contributed by atoms with E-state index in [2.05, 4.69) is 9.97 Å². The van der Waals surface area contributed by atoms with E-state index in [-0.39, 0.29) is 19.0 Å². The molecule has 21 heavy (non-hydrogen) atoms. The Balaban J connectivity index is 2.22. The number of hydrogen-bond acceptors (Lipinski definition) is 5. The lowest BCUT2D eigenvalue weighted by molar-refractivity contribution is -0.144. The smallest absolute Gasteiger partial charge is 0.323 e. The molecule has 0 saturated carbocycles. The third-order valence-corrected chi connectivity index (χ3v) is 3.60. The molecule has 1 aliphatic heterocycles. The number of aliphatic carboxylic acids is 1. The van der Waals surface area contributed by atoms with Gasteiger partial charge in [-0.25, -0.2) is 9.97 Å². The highest BCUT2D eigenvalue weighted by Gasteiger charge is 2.27. The average Bonchev–Trinajstić information content (AvgIpc) is 2.40. The fraction of sp³-hybridized carbons (Fsp3) is 0.571. The van der Waals surface area contributed by atoms with Gasteiger partial charge in [-0.05, 0) is 20.3 Å². The molecular weight excluding hydrogens is 272 g/mol. The van der Waals surface area contributed by atoms with E-state index < -0.39 is 5.97 Å². The SMILES string of the molecule is CCc1c(C)nc(C)nc1N1CCN(CC(=O)O)C(=O)C1. The van der Waals surface area contributed by atoms with Crippen molar-refractivity contribution in [2.45, 2.75) is 27.2 Å². The van der Waals surface area contributed by atoms with Gasteiger partial charge in [-0.1, -0.05) is 6.92 Å². The fourth-order valence-corrected chi connectivity index (χ4v) is 2.61. The van der Waals surface area contributed by atoms with Crippen LogP contribution in [0.5, 0.6) is 0 Å². The number of carbonyl (C=O) groups is 2. The van der Waals surface area contributed by atoms with Gasteiger partial charge < -0.3 is 14.9 Å². The molecule has 7 nitrogen and oxygen atoms in total. The molecule has 0 radical (unpaired) electrons. The summed E-state index contributed by atoms with van der Waals surface area (Å²) < 4.78 is 0. The van der Waals surface area contributed by atoms with Crippen LogP contribution in [0.15, 0.2) is 0 Å². The summed E-state index contributed by atoms with van der Waals surface area (Å²) in [7, 11) is 0. The maximum atomic E-state index is 12.1. The zero-order valence-electron chi connectivity index (χ0n) is 12.6. The first kappa shape index (κ1) is 15.2. The minimum absolute atomic E-state index is 0.163. The van der Waals surface area contributed by atoms with Crippen LogP contribution in [0.25, 0.3) is 0 Å². The Morgan fingerprint density at radius 3 is 2.57 bits per heavy atom. The summed E-state index contributed by atoms with van der Waals surface area (Å²) in [6.45, 7) is 6.72. The first-order valence-corrected chi connectivity index (χ1v) is 7.01. The largest absolute Gasteiger partial charge is 0.480 e. The summed E-state index contributed by atoms with van der Waals surface area (Å²) in [5.74, 6) is 0.310. The number of aromatic nitrogens is 2. The van der Waals surface area contributed by atoms with E-state index in [9.17, 15) is 9.59 Å². The summed E-state index contributed by atoms with van der Waals surface area (Å²) in [5.41, 5.74) is 1.97. The fourth-order valence-electron chi connectivity index (χ4n) is 2.61. The molecule has 1 aromatic rings. The van der Waals surface area contributed by atoms with Crippen LogP contribution >= 0.6 is 0 Å². The molecule has 1 N–H and O–H groups in total. The number of aryl methyl sites for hydroxylation is 2. The molecule has 0 unspecified atom stereocenters. The van der Waals surface area contributed by atoms with Gasteiger partial charge in [-0.15, -0.1) is 0 Å². The monoisotopic (exact) mass is 292 g/mol. The summed E-state index contributed by atoms with van der Waals surface area (Å²) in [5, 5.41) is 8.79. The number of carboxylic acid groups (broad SMARTS) is 1. The normalized spacial score (nSPS) is 15.5. The summed E-state index contributed by atoms with van der Waals surface area (Å²) in [6, 6.07) is 0. The minimum atomic E-state index is -0.986. The molecular formula is C14H20N4O3. The van der Waals surface area contributed by atoms with Crippen LogP contribution in [0.2, 0.25) is 0 Å². The molecule has 0 spiro atoms. The summed E-state index contributed by atoms with van der Waals surface area (Å²) in [4.78, 5) is 34.9. The quantitative estimate of drug-likeness (QED) is 0.864. The zero-order chi connectivity index (χ0) is 15.6. The Hall–Kier alpha value is -2.18. The molecule has 1 amide bonds. The van der Waals surface area contributed by atoms with Crippen LogP contribution < -0.4 is 4.90 Å². The number of anilines is 1. The van der Waals surface area contributed by atoms with Crippen molar-refractivity contribution in [2.24, 2.45) is 0 Å². The van der Waals surface area contributed by atoms with Crippen LogP contribution in [0, 0.1) is 13.8 Å². The van der Waals surface area contributed by atoms with Gasteiger partial charge in [0.15, 0.2) is 0 Å². The van der Waals surface area contributed by atoms with E-state index in [0.29, 0.717) is 18.9 Å². The number of amides is 1. The van der Waals surface area contributed by atoms with E-state index in [1.165, 1.54) is 4.90 Å². The predicted octanol–water partition coefficient (Wildman–Crippen LogP) is 0.389. The lowest BCUT2D eigenvalue weighted by Crippen LogP contribution is -2.52. The highest BCUT2D eigenvalue weighted by Crippen LogP contribution is 2.22. The number of hydrogen-bond donors (Lipinski definition) is 1. The first-order valence-electron chi connectivity index (χ1n) is 7.01. The molecule has 2 heterocycles. The Morgan fingerprint density at radius 2 is 2.00 bits per heavy atom. The van der Waals surface area contributed by atoms with Gasteiger partial charge in [0, 0.05) is 24.3 Å². The Labute approximate surface area is 123 Å². The van der Waals surface area contributed by atoms with Crippen molar-refractivity contribution in [1.29, 1.82) is 0 Å². The Bertz CT molecular complexity index is 574. The highest BCUT2D eigenvalue weighted by atomic mass is 16.4. The van der Waals surface area contributed by atoms with Crippen molar-refractivity contribution < 1.29 is 14.7 Å². The maximum absolute atomic E-state index is 12.1. The molecule has 1 fully saturated rings. The van der Waals surface area contributed by atoms with Crippen LogP contribution in [-0.4, -0.2) is 58.0 Å². The molecule has 0 aliphatic carbocycles. The molecule has 1 aromatic heterocycles. The number of carboxylic acids is 1. The molecule has 0 aromatic carbocycles. The molecule has 1 aliphatic rings. The lowest BCUT2D eigenvalue weighted by atomic mass is 10.1. The van der Waals surface area contributed by atoms with Crippen molar-refractivity contribution in [3.63, 3.8) is 0 Å².